The van der Waals surface area contributed by atoms with E-state index in [0.717, 1.165) is 5.56 Å². The summed E-state index contributed by atoms with van der Waals surface area (Å²) in [7, 11) is 4.65. The molecule has 0 saturated carbocycles. The molecule has 1 saturated heterocycles. The van der Waals surface area contributed by atoms with Crippen LogP contribution < -0.4 is 24.4 Å². The van der Waals surface area contributed by atoms with Crippen molar-refractivity contribution in [3.05, 3.63) is 42.0 Å². The monoisotopic (exact) mass is 384 g/mol. The average molecular weight is 384 g/mol. The van der Waals surface area contributed by atoms with Gasteiger partial charge in [0.2, 0.25) is 11.8 Å². The Balaban J connectivity index is 1.77. The second-order valence-corrected chi connectivity index (χ2v) is 6.67. The molecule has 0 radical (unpaired) electrons. The van der Waals surface area contributed by atoms with Gasteiger partial charge in [-0.3, -0.25) is 9.59 Å². The first kappa shape index (κ1) is 19.5. The van der Waals surface area contributed by atoms with Crippen LogP contribution in [0.3, 0.4) is 0 Å². The number of rotatable bonds is 6. The minimum absolute atomic E-state index is 0.104. The van der Waals surface area contributed by atoms with Gasteiger partial charge in [0.15, 0.2) is 0 Å². The van der Waals surface area contributed by atoms with Crippen molar-refractivity contribution < 1.29 is 23.8 Å². The lowest BCUT2D eigenvalue weighted by atomic mass is 10.1. The van der Waals surface area contributed by atoms with Gasteiger partial charge in [0.25, 0.3) is 0 Å². The molecule has 1 heterocycles. The van der Waals surface area contributed by atoms with Gasteiger partial charge in [-0.15, -0.1) is 0 Å². The van der Waals surface area contributed by atoms with Crippen LogP contribution in [0.25, 0.3) is 0 Å². The van der Waals surface area contributed by atoms with Gasteiger partial charge in [-0.1, -0.05) is 6.07 Å². The van der Waals surface area contributed by atoms with Gasteiger partial charge in [-0.05, 0) is 24.6 Å². The molecule has 3 rings (SSSR count). The number of hydrogen-bond donors (Lipinski definition) is 1. The van der Waals surface area contributed by atoms with Crippen LogP contribution in [0.4, 0.5) is 11.4 Å². The van der Waals surface area contributed by atoms with E-state index >= 15 is 0 Å². The van der Waals surface area contributed by atoms with Crippen LogP contribution in [-0.2, 0) is 9.59 Å². The molecule has 1 atom stereocenters. The van der Waals surface area contributed by atoms with E-state index in [0.29, 0.717) is 35.2 Å². The Morgan fingerprint density at radius 3 is 2.32 bits per heavy atom. The van der Waals surface area contributed by atoms with Crippen LogP contribution in [0.15, 0.2) is 36.4 Å². The number of anilines is 2. The highest BCUT2D eigenvalue weighted by Gasteiger charge is 2.36. The summed E-state index contributed by atoms with van der Waals surface area (Å²) in [5.41, 5.74) is 2.26. The summed E-state index contributed by atoms with van der Waals surface area (Å²) < 4.78 is 15.8. The molecule has 2 aromatic carbocycles. The number of benzene rings is 2. The Morgan fingerprint density at radius 1 is 1.04 bits per heavy atom. The van der Waals surface area contributed by atoms with Gasteiger partial charge in [0.1, 0.15) is 17.2 Å². The number of nitrogens with zero attached hydrogens (tertiary/aromatic N) is 1. The van der Waals surface area contributed by atoms with Crippen LogP contribution in [0.5, 0.6) is 17.2 Å². The predicted octanol–water partition coefficient (Wildman–Crippen LogP) is 3.01. The second-order valence-electron chi connectivity index (χ2n) is 6.67. The third kappa shape index (κ3) is 4.03. The summed E-state index contributed by atoms with van der Waals surface area (Å²) in [5.74, 6) is 0.962. The van der Waals surface area contributed by atoms with Crippen LogP contribution >= 0.6 is 0 Å². The lowest BCUT2D eigenvalue weighted by Crippen LogP contribution is -2.28. The molecule has 148 valence electrons. The summed E-state index contributed by atoms with van der Waals surface area (Å²) in [5, 5.41) is 2.86. The fourth-order valence-corrected chi connectivity index (χ4v) is 3.25. The Kier molecular flexibility index (Phi) is 5.73. The zero-order chi connectivity index (χ0) is 20.3. The minimum atomic E-state index is -0.463. The standard InChI is InChI=1S/C21H24N2O5/c1-13-5-6-19(28-4)18(7-13)23-12-14(8-20(23)24)21(25)22-15-9-16(26-2)11-17(10-15)27-3/h5-7,9-11,14H,8,12H2,1-4H3,(H,22,25). The van der Waals surface area contributed by atoms with Crippen molar-refractivity contribution in [2.75, 3.05) is 38.1 Å². The second kappa shape index (κ2) is 8.21. The number of hydrogen-bond acceptors (Lipinski definition) is 5. The van der Waals surface area contributed by atoms with E-state index < -0.39 is 5.92 Å². The number of carbonyl (C=O) groups excluding carboxylic acids is 2. The van der Waals surface area contributed by atoms with E-state index in [4.69, 9.17) is 14.2 Å². The lowest BCUT2D eigenvalue weighted by molar-refractivity contribution is -0.122. The predicted molar refractivity (Wildman–Crippen MR) is 106 cm³/mol. The van der Waals surface area contributed by atoms with E-state index in [1.54, 1.807) is 44.4 Å². The zero-order valence-electron chi connectivity index (χ0n) is 16.4. The SMILES string of the molecule is COc1cc(NC(=O)C2CC(=O)N(c3cc(C)ccc3OC)C2)cc(OC)c1. The number of carbonyl (C=O) groups is 2. The van der Waals surface area contributed by atoms with E-state index in [1.165, 1.54) is 0 Å². The molecule has 1 aliphatic heterocycles. The van der Waals surface area contributed by atoms with E-state index in [2.05, 4.69) is 5.32 Å². The highest BCUT2D eigenvalue weighted by molar-refractivity contribution is 6.04. The smallest absolute Gasteiger partial charge is 0.229 e. The normalized spacial score (nSPS) is 16.1. The van der Waals surface area contributed by atoms with Crippen LogP contribution in [0.1, 0.15) is 12.0 Å². The maximum atomic E-state index is 12.8. The van der Waals surface area contributed by atoms with Crippen molar-refractivity contribution >= 4 is 23.2 Å². The Hall–Kier alpha value is -3.22. The van der Waals surface area contributed by atoms with Gasteiger partial charge >= 0.3 is 0 Å². The van der Waals surface area contributed by atoms with Gasteiger partial charge in [0, 0.05) is 36.9 Å². The molecule has 2 aromatic rings. The van der Waals surface area contributed by atoms with Gasteiger partial charge < -0.3 is 24.4 Å². The van der Waals surface area contributed by atoms with Gasteiger partial charge in [-0.25, -0.2) is 0 Å². The van der Waals surface area contributed by atoms with Crippen molar-refractivity contribution in [2.45, 2.75) is 13.3 Å². The molecule has 0 spiro atoms. The third-order valence-corrected chi connectivity index (χ3v) is 4.74. The molecule has 28 heavy (non-hydrogen) atoms. The molecular weight excluding hydrogens is 360 g/mol. The van der Waals surface area contributed by atoms with Crippen molar-refractivity contribution in [1.82, 2.24) is 0 Å². The first-order valence-corrected chi connectivity index (χ1v) is 8.94. The van der Waals surface area contributed by atoms with E-state index in [9.17, 15) is 9.59 Å². The molecule has 2 amide bonds. The van der Waals surface area contributed by atoms with Crippen molar-refractivity contribution in [1.29, 1.82) is 0 Å². The van der Waals surface area contributed by atoms with Crippen LogP contribution in [0.2, 0.25) is 0 Å². The third-order valence-electron chi connectivity index (χ3n) is 4.74. The van der Waals surface area contributed by atoms with Crippen molar-refractivity contribution in [3.63, 3.8) is 0 Å². The Morgan fingerprint density at radius 2 is 1.71 bits per heavy atom. The Bertz CT molecular complexity index is 874. The summed E-state index contributed by atoms with van der Waals surface area (Å²) in [6.07, 6.45) is 0.143. The topological polar surface area (TPSA) is 77.1 Å². The fraction of sp³-hybridized carbons (Fsp3) is 0.333. The number of aryl methyl sites for hydroxylation is 1. The maximum Gasteiger partial charge on any atom is 0.229 e. The maximum absolute atomic E-state index is 12.8. The Labute approximate surface area is 164 Å². The van der Waals surface area contributed by atoms with Crippen LogP contribution in [-0.4, -0.2) is 39.7 Å². The molecule has 1 N–H and O–H groups in total. The minimum Gasteiger partial charge on any atom is -0.497 e. The van der Waals surface area contributed by atoms with Gasteiger partial charge in [0.05, 0.1) is 32.9 Å². The largest absolute Gasteiger partial charge is 0.497 e. The van der Waals surface area contributed by atoms with E-state index in [1.807, 2.05) is 25.1 Å². The summed E-state index contributed by atoms with van der Waals surface area (Å²) in [6.45, 7) is 2.25. The molecule has 0 aliphatic carbocycles. The lowest BCUT2D eigenvalue weighted by Gasteiger charge is -2.20. The molecule has 1 aliphatic rings. The van der Waals surface area contributed by atoms with Crippen LogP contribution in [0, 0.1) is 12.8 Å². The highest BCUT2D eigenvalue weighted by atomic mass is 16.5. The number of ether oxygens (including phenoxy) is 3. The summed E-state index contributed by atoms with van der Waals surface area (Å²) in [6, 6.07) is 10.8. The average Bonchev–Trinajstić information content (AvgIpc) is 3.09. The van der Waals surface area contributed by atoms with Crippen molar-refractivity contribution in [2.24, 2.45) is 5.92 Å². The molecule has 1 fully saturated rings. The summed E-state index contributed by atoms with van der Waals surface area (Å²) >= 11 is 0. The quantitative estimate of drug-likeness (QED) is 0.828. The highest BCUT2D eigenvalue weighted by Crippen LogP contribution is 2.34. The van der Waals surface area contributed by atoms with Gasteiger partial charge in [-0.2, -0.15) is 0 Å². The first-order valence-electron chi connectivity index (χ1n) is 8.94. The van der Waals surface area contributed by atoms with Crippen molar-refractivity contribution in [3.8, 4) is 17.2 Å². The number of amides is 2. The first-order chi connectivity index (χ1) is 13.4. The molecular formula is C21H24N2O5. The summed E-state index contributed by atoms with van der Waals surface area (Å²) in [4.78, 5) is 26.9. The fourth-order valence-electron chi connectivity index (χ4n) is 3.25. The molecule has 7 nitrogen and oxygen atoms in total. The molecule has 7 heteroatoms. The molecule has 0 aromatic heterocycles. The number of methoxy groups -OCH3 is 3. The zero-order valence-corrected chi connectivity index (χ0v) is 16.4. The molecule has 1 unspecified atom stereocenters. The van der Waals surface area contributed by atoms with E-state index in [-0.39, 0.29) is 18.2 Å². The number of nitrogens with one attached hydrogen (secondary N) is 1. The molecule has 0 bridgehead atoms.